The van der Waals surface area contributed by atoms with E-state index >= 15 is 0 Å². The molecule has 2 rings (SSSR count). The van der Waals surface area contributed by atoms with Gasteiger partial charge in [0.2, 0.25) is 11.8 Å². The van der Waals surface area contributed by atoms with E-state index in [4.69, 9.17) is 4.74 Å². The fraction of sp³-hybridized carbons (Fsp3) is 0.529. The number of carbonyl (C=O) groups is 2. The fourth-order valence-corrected chi connectivity index (χ4v) is 2.78. The first-order valence-corrected chi connectivity index (χ1v) is 8.15. The highest BCUT2D eigenvalue weighted by Gasteiger charge is 2.22. The smallest absolute Gasteiger partial charge is 0.387 e. The van der Waals surface area contributed by atoms with Crippen molar-refractivity contribution in [2.24, 2.45) is 5.92 Å². The molecular formula is C17H22F2N2O4. The van der Waals surface area contributed by atoms with Crippen LogP contribution >= 0.6 is 0 Å². The van der Waals surface area contributed by atoms with E-state index in [1.165, 1.54) is 19.2 Å². The van der Waals surface area contributed by atoms with Crippen molar-refractivity contribution in [1.82, 2.24) is 10.6 Å². The summed E-state index contributed by atoms with van der Waals surface area (Å²) in [4.78, 5) is 23.7. The highest BCUT2D eigenvalue weighted by atomic mass is 19.3. The highest BCUT2D eigenvalue weighted by Crippen LogP contribution is 2.29. The van der Waals surface area contributed by atoms with Gasteiger partial charge in [0.05, 0.1) is 13.7 Å². The lowest BCUT2D eigenvalue weighted by Gasteiger charge is -2.13. The van der Waals surface area contributed by atoms with Crippen LogP contribution in [0.2, 0.25) is 0 Å². The van der Waals surface area contributed by atoms with Gasteiger partial charge in [0.25, 0.3) is 0 Å². The third-order valence-electron chi connectivity index (χ3n) is 4.08. The Labute approximate surface area is 144 Å². The predicted molar refractivity (Wildman–Crippen MR) is 86.4 cm³/mol. The molecule has 0 saturated heterocycles. The Balaban J connectivity index is 1.79. The number of nitrogens with one attached hydrogen (secondary N) is 2. The van der Waals surface area contributed by atoms with E-state index < -0.39 is 6.61 Å². The lowest BCUT2D eigenvalue weighted by molar-refractivity contribution is -0.128. The molecule has 0 aromatic heterocycles. The molecule has 0 bridgehead atoms. The summed E-state index contributed by atoms with van der Waals surface area (Å²) >= 11 is 0. The zero-order chi connectivity index (χ0) is 18.2. The second-order valence-electron chi connectivity index (χ2n) is 5.84. The maximum atomic E-state index is 12.3. The molecule has 1 aromatic carbocycles. The van der Waals surface area contributed by atoms with Gasteiger partial charge in [-0.25, -0.2) is 0 Å². The van der Waals surface area contributed by atoms with Crippen LogP contribution in [-0.2, 0) is 16.1 Å². The van der Waals surface area contributed by atoms with E-state index in [0.29, 0.717) is 5.56 Å². The molecule has 1 aromatic rings. The molecule has 8 heteroatoms. The van der Waals surface area contributed by atoms with Crippen LogP contribution in [0.1, 0.15) is 31.2 Å². The lowest BCUT2D eigenvalue weighted by Crippen LogP contribution is -2.38. The first kappa shape index (κ1) is 19.0. The minimum atomic E-state index is -2.94. The summed E-state index contributed by atoms with van der Waals surface area (Å²) in [6.07, 6.45) is 3.86. The van der Waals surface area contributed by atoms with Crippen molar-refractivity contribution in [2.45, 2.75) is 38.8 Å². The molecule has 1 aliphatic rings. The van der Waals surface area contributed by atoms with Crippen molar-refractivity contribution in [3.05, 3.63) is 23.8 Å². The summed E-state index contributed by atoms with van der Waals surface area (Å²) in [7, 11) is 1.34. The van der Waals surface area contributed by atoms with Crippen LogP contribution in [0.15, 0.2) is 18.2 Å². The zero-order valence-electron chi connectivity index (χ0n) is 14.0. The van der Waals surface area contributed by atoms with Gasteiger partial charge in [0.15, 0.2) is 11.5 Å². The van der Waals surface area contributed by atoms with E-state index in [0.717, 1.165) is 25.7 Å². The van der Waals surface area contributed by atoms with E-state index in [-0.39, 0.29) is 42.3 Å². The summed E-state index contributed by atoms with van der Waals surface area (Å²) in [5, 5.41) is 5.29. The largest absolute Gasteiger partial charge is 0.493 e. The van der Waals surface area contributed by atoms with Crippen LogP contribution in [0.25, 0.3) is 0 Å². The number of carbonyl (C=O) groups excluding carboxylic acids is 2. The third kappa shape index (κ3) is 5.88. The Morgan fingerprint density at radius 3 is 2.56 bits per heavy atom. The Hall–Kier alpha value is -2.38. The number of benzene rings is 1. The predicted octanol–water partition coefficient (Wildman–Crippen LogP) is 2.22. The molecule has 138 valence electrons. The fourth-order valence-electron chi connectivity index (χ4n) is 2.78. The first-order chi connectivity index (χ1) is 12.0. The van der Waals surface area contributed by atoms with Crippen molar-refractivity contribution in [2.75, 3.05) is 13.7 Å². The molecule has 0 atom stereocenters. The van der Waals surface area contributed by atoms with Crippen molar-refractivity contribution in [3.8, 4) is 11.5 Å². The molecule has 1 aliphatic carbocycles. The Morgan fingerprint density at radius 2 is 1.92 bits per heavy atom. The highest BCUT2D eigenvalue weighted by molar-refractivity contribution is 5.85. The molecule has 0 spiro atoms. The van der Waals surface area contributed by atoms with Crippen LogP contribution in [0.3, 0.4) is 0 Å². The van der Waals surface area contributed by atoms with Gasteiger partial charge in [-0.2, -0.15) is 8.78 Å². The molecule has 6 nitrogen and oxygen atoms in total. The molecule has 1 fully saturated rings. The monoisotopic (exact) mass is 356 g/mol. The maximum absolute atomic E-state index is 12.3. The second-order valence-corrected chi connectivity index (χ2v) is 5.84. The van der Waals surface area contributed by atoms with Crippen molar-refractivity contribution in [1.29, 1.82) is 0 Å². The van der Waals surface area contributed by atoms with Crippen LogP contribution in [-0.4, -0.2) is 32.1 Å². The van der Waals surface area contributed by atoms with Crippen LogP contribution in [0, 0.1) is 5.92 Å². The SMILES string of the molecule is COc1cc(CNC(=O)CNC(=O)C2CCCC2)ccc1OC(F)F. The summed E-state index contributed by atoms with van der Waals surface area (Å²) in [6.45, 7) is -2.84. The van der Waals surface area contributed by atoms with E-state index in [9.17, 15) is 18.4 Å². The number of amides is 2. The second kappa shape index (κ2) is 9.19. The van der Waals surface area contributed by atoms with Gasteiger partial charge in [0, 0.05) is 12.5 Å². The molecule has 0 aliphatic heterocycles. The quantitative estimate of drug-likeness (QED) is 0.749. The number of hydrogen-bond acceptors (Lipinski definition) is 4. The normalized spacial score (nSPS) is 14.4. The standard InChI is InChI=1S/C17H22F2N2O4/c1-24-14-8-11(6-7-13(14)25-17(18)19)9-20-15(22)10-21-16(23)12-4-2-3-5-12/h6-8,12,17H,2-5,9-10H2,1H3,(H,20,22)(H,21,23). The number of ether oxygens (including phenoxy) is 2. The topological polar surface area (TPSA) is 76.7 Å². The van der Waals surface area contributed by atoms with Gasteiger partial charge in [-0.3, -0.25) is 9.59 Å². The third-order valence-corrected chi connectivity index (χ3v) is 4.08. The first-order valence-electron chi connectivity index (χ1n) is 8.15. The van der Waals surface area contributed by atoms with E-state index in [2.05, 4.69) is 15.4 Å². The van der Waals surface area contributed by atoms with Gasteiger partial charge in [-0.15, -0.1) is 0 Å². The van der Waals surface area contributed by atoms with Crippen molar-refractivity contribution < 1.29 is 27.8 Å². The number of hydrogen-bond donors (Lipinski definition) is 2. The Morgan fingerprint density at radius 1 is 1.20 bits per heavy atom. The van der Waals surface area contributed by atoms with Gasteiger partial charge in [-0.05, 0) is 30.5 Å². The van der Waals surface area contributed by atoms with Crippen molar-refractivity contribution in [3.63, 3.8) is 0 Å². The minimum Gasteiger partial charge on any atom is -0.493 e. The molecule has 0 heterocycles. The number of alkyl halides is 2. The number of methoxy groups -OCH3 is 1. The van der Waals surface area contributed by atoms with Gasteiger partial charge < -0.3 is 20.1 Å². The van der Waals surface area contributed by atoms with Gasteiger partial charge >= 0.3 is 6.61 Å². The zero-order valence-corrected chi connectivity index (χ0v) is 14.0. The van der Waals surface area contributed by atoms with Crippen molar-refractivity contribution >= 4 is 11.8 Å². The van der Waals surface area contributed by atoms with Crippen LogP contribution < -0.4 is 20.1 Å². The molecule has 2 amide bonds. The molecule has 0 unspecified atom stereocenters. The Bertz CT molecular complexity index is 604. The molecule has 25 heavy (non-hydrogen) atoms. The summed E-state index contributed by atoms with van der Waals surface area (Å²) in [6, 6.07) is 4.42. The summed E-state index contributed by atoms with van der Waals surface area (Å²) < 4.78 is 33.9. The van der Waals surface area contributed by atoms with E-state index in [1.54, 1.807) is 6.07 Å². The average Bonchev–Trinajstić information content (AvgIpc) is 3.13. The molecule has 2 N–H and O–H groups in total. The maximum Gasteiger partial charge on any atom is 0.387 e. The summed E-state index contributed by atoms with van der Waals surface area (Å²) in [5.41, 5.74) is 0.661. The van der Waals surface area contributed by atoms with Crippen LogP contribution in [0.4, 0.5) is 8.78 Å². The summed E-state index contributed by atoms with van der Waals surface area (Å²) in [5.74, 6) is -0.307. The molecular weight excluding hydrogens is 334 g/mol. The van der Waals surface area contributed by atoms with Gasteiger partial charge in [0.1, 0.15) is 0 Å². The Kier molecular flexibility index (Phi) is 6.97. The van der Waals surface area contributed by atoms with Crippen LogP contribution in [0.5, 0.6) is 11.5 Å². The van der Waals surface area contributed by atoms with Gasteiger partial charge in [-0.1, -0.05) is 18.9 Å². The van der Waals surface area contributed by atoms with E-state index in [1.807, 2.05) is 0 Å². The lowest BCUT2D eigenvalue weighted by atomic mass is 10.1. The molecule has 0 radical (unpaired) electrons. The number of halogens is 2. The average molecular weight is 356 g/mol. The minimum absolute atomic E-state index is 0.0134. The molecule has 1 saturated carbocycles. The number of rotatable bonds is 8.